The van der Waals surface area contributed by atoms with E-state index < -0.39 is 59.3 Å². The van der Waals surface area contributed by atoms with E-state index in [1.54, 1.807) is 54.6 Å². The molecule has 0 fully saturated rings. The van der Waals surface area contributed by atoms with Gasteiger partial charge in [0.15, 0.2) is 5.78 Å². The quantitative estimate of drug-likeness (QED) is 0.187. The third kappa shape index (κ3) is 6.41. The van der Waals surface area contributed by atoms with Crippen molar-refractivity contribution in [2.24, 2.45) is 0 Å². The highest BCUT2D eigenvalue weighted by Crippen LogP contribution is 2.47. The molecular weight excluding hydrogens is 641 g/mol. The number of ketones is 1. The van der Waals surface area contributed by atoms with Gasteiger partial charge in [-0.1, -0.05) is 97.1 Å². The summed E-state index contributed by atoms with van der Waals surface area (Å²) in [6.45, 7) is 0. The Balaban J connectivity index is 1.50. The first kappa shape index (κ1) is 33.5. The highest BCUT2D eigenvalue weighted by atomic mass is 19.4. The van der Waals surface area contributed by atoms with Crippen molar-refractivity contribution in [2.75, 3.05) is 7.11 Å². The number of Topliss-reactive ketones (excluding diaryl/α,β-unsaturated/α-hetero) is 1. The third-order valence-corrected chi connectivity index (χ3v) is 8.71. The van der Waals surface area contributed by atoms with Crippen LogP contribution in [-0.2, 0) is 29.4 Å². The fourth-order valence-electron chi connectivity index (χ4n) is 6.41. The van der Waals surface area contributed by atoms with Gasteiger partial charge in [0, 0.05) is 25.2 Å². The number of benzene rings is 4. The van der Waals surface area contributed by atoms with Crippen LogP contribution in [0.15, 0.2) is 115 Å². The number of carbonyl (C=O) groups excluding carboxylic acids is 3. The Bertz CT molecular complexity index is 1860. The molecule has 2 heterocycles. The lowest BCUT2D eigenvalue weighted by Crippen LogP contribution is -2.54. The number of alkyl halides is 3. The lowest BCUT2D eigenvalue weighted by atomic mass is 9.81. The molecule has 0 saturated carbocycles. The molecule has 0 amide bonds. The molecule has 8 nitrogen and oxygen atoms in total. The molecular formula is C38H31F3O8. The van der Waals surface area contributed by atoms with E-state index in [0.29, 0.717) is 5.56 Å². The zero-order valence-corrected chi connectivity index (χ0v) is 26.1. The van der Waals surface area contributed by atoms with Gasteiger partial charge in [0.25, 0.3) is 5.60 Å². The van der Waals surface area contributed by atoms with E-state index in [1.807, 2.05) is 6.07 Å². The maximum Gasteiger partial charge on any atom is 0.432 e. The SMILES string of the molecule is CO[C@@](C(=O)O[C@H]([C@H](c1ccccc1)c1cc(O)c2c(c1)O[C@@H](c1ccccc1)CC2=O)[C@H]1CC=CC(=O)O1)(c1ccccc1)C(F)(F)F. The predicted molar refractivity (Wildman–Crippen MR) is 170 cm³/mol. The molecule has 11 heteroatoms. The number of cyclic esters (lactones) is 1. The van der Waals surface area contributed by atoms with Crippen LogP contribution in [0.4, 0.5) is 13.2 Å². The van der Waals surface area contributed by atoms with Gasteiger partial charge in [0.1, 0.15) is 35.4 Å². The number of phenols is 1. The summed E-state index contributed by atoms with van der Waals surface area (Å²) in [6, 6.07) is 26.5. The molecule has 4 aromatic rings. The van der Waals surface area contributed by atoms with E-state index in [-0.39, 0.29) is 35.5 Å². The van der Waals surface area contributed by atoms with E-state index in [4.69, 9.17) is 18.9 Å². The van der Waals surface area contributed by atoms with Gasteiger partial charge >= 0.3 is 18.1 Å². The Morgan fingerprint density at radius 3 is 2.12 bits per heavy atom. The summed E-state index contributed by atoms with van der Waals surface area (Å²) < 4.78 is 67.6. The van der Waals surface area contributed by atoms with Crippen LogP contribution in [0.2, 0.25) is 0 Å². The van der Waals surface area contributed by atoms with E-state index in [2.05, 4.69) is 0 Å². The number of phenolic OH excluding ortho intramolecular Hbond substituents is 1. The number of fused-ring (bicyclic) bond motifs is 1. The van der Waals surface area contributed by atoms with Gasteiger partial charge < -0.3 is 24.1 Å². The third-order valence-electron chi connectivity index (χ3n) is 8.71. The molecule has 2 aliphatic heterocycles. The predicted octanol–water partition coefficient (Wildman–Crippen LogP) is 7.12. The Labute approximate surface area is 279 Å². The van der Waals surface area contributed by atoms with Crippen molar-refractivity contribution >= 4 is 17.7 Å². The molecule has 49 heavy (non-hydrogen) atoms. The van der Waals surface area contributed by atoms with Crippen molar-refractivity contribution in [3.05, 3.63) is 143 Å². The molecule has 6 rings (SSSR count). The van der Waals surface area contributed by atoms with E-state index in [9.17, 15) is 32.7 Å². The normalized spacial score (nSPS) is 19.8. The molecule has 0 radical (unpaired) electrons. The molecule has 0 aliphatic carbocycles. The molecule has 0 aromatic heterocycles. The molecule has 0 saturated heterocycles. The number of hydrogen-bond donors (Lipinski definition) is 1. The number of rotatable bonds is 9. The summed E-state index contributed by atoms with van der Waals surface area (Å²) in [6.07, 6.45) is -6.21. The zero-order chi connectivity index (χ0) is 34.8. The minimum Gasteiger partial charge on any atom is -0.507 e. The van der Waals surface area contributed by atoms with Crippen LogP contribution in [-0.4, -0.2) is 48.3 Å². The van der Waals surface area contributed by atoms with Crippen LogP contribution in [0.1, 0.15) is 57.5 Å². The number of hydrogen-bond acceptors (Lipinski definition) is 8. The molecule has 0 spiro atoms. The number of methoxy groups -OCH3 is 1. The summed E-state index contributed by atoms with van der Waals surface area (Å²) in [4.78, 5) is 39.8. The van der Waals surface area contributed by atoms with E-state index in [1.165, 1.54) is 42.5 Å². The van der Waals surface area contributed by atoms with Gasteiger partial charge in [-0.05, 0) is 28.8 Å². The average Bonchev–Trinajstić information content (AvgIpc) is 3.09. The molecule has 4 aromatic carbocycles. The molecule has 252 valence electrons. The van der Waals surface area contributed by atoms with Crippen LogP contribution in [0.3, 0.4) is 0 Å². The van der Waals surface area contributed by atoms with Crippen molar-refractivity contribution < 1.29 is 51.6 Å². The number of ether oxygens (including phenoxy) is 4. The first-order valence-corrected chi connectivity index (χ1v) is 15.5. The van der Waals surface area contributed by atoms with Crippen molar-refractivity contribution in [3.8, 4) is 11.5 Å². The zero-order valence-electron chi connectivity index (χ0n) is 26.1. The maximum atomic E-state index is 15.0. The number of esters is 2. The van der Waals surface area contributed by atoms with E-state index in [0.717, 1.165) is 24.8 Å². The summed E-state index contributed by atoms with van der Waals surface area (Å²) in [5.74, 6) is -4.47. The topological polar surface area (TPSA) is 108 Å². The summed E-state index contributed by atoms with van der Waals surface area (Å²) >= 11 is 0. The van der Waals surface area contributed by atoms with Crippen molar-refractivity contribution in [3.63, 3.8) is 0 Å². The molecule has 2 aliphatic rings. The molecule has 5 atom stereocenters. The monoisotopic (exact) mass is 672 g/mol. The minimum atomic E-state index is -5.28. The fraction of sp³-hybridized carbons (Fsp3) is 0.237. The first-order valence-electron chi connectivity index (χ1n) is 15.5. The first-order chi connectivity index (χ1) is 23.5. The van der Waals surface area contributed by atoms with Gasteiger partial charge in [-0.3, -0.25) is 4.79 Å². The van der Waals surface area contributed by atoms with E-state index >= 15 is 0 Å². The second-order valence-electron chi connectivity index (χ2n) is 11.7. The fourth-order valence-corrected chi connectivity index (χ4v) is 6.41. The maximum absolute atomic E-state index is 15.0. The van der Waals surface area contributed by atoms with Gasteiger partial charge in [0.2, 0.25) is 0 Å². The van der Waals surface area contributed by atoms with Crippen molar-refractivity contribution in [1.29, 1.82) is 0 Å². The van der Waals surface area contributed by atoms with Gasteiger partial charge in [0.05, 0.1) is 12.3 Å². The summed E-state index contributed by atoms with van der Waals surface area (Å²) in [7, 11) is 0.758. The van der Waals surface area contributed by atoms with Crippen LogP contribution in [0.5, 0.6) is 11.5 Å². The highest BCUT2D eigenvalue weighted by molar-refractivity contribution is 6.02. The van der Waals surface area contributed by atoms with Crippen molar-refractivity contribution in [1.82, 2.24) is 0 Å². The summed E-state index contributed by atoms with van der Waals surface area (Å²) in [5, 5.41) is 11.2. The number of carbonyl (C=O) groups is 3. The lowest BCUT2D eigenvalue weighted by Gasteiger charge is -2.38. The molecule has 1 N–H and O–H groups in total. The average molecular weight is 673 g/mol. The second-order valence-corrected chi connectivity index (χ2v) is 11.7. The number of halogens is 3. The smallest absolute Gasteiger partial charge is 0.432 e. The lowest BCUT2D eigenvalue weighted by molar-refractivity contribution is -0.280. The van der Waals surface area contributed by atoms with Crippen LogP contribution >= 0.6 is 0 Å². The Hall–Kier alpha value is -5.42. The Morgan fingerprint density at radius 1 is 0.878 bits per heavy atom. The van der Waals surface area contributed by atoms with Crippen molar-refractivity contribution in [2.45, 2.75) is 48.8 Å². The van der Waals surface area contributed by atoms with Gasteiger partial charge in [-0.15, -0.1) is 0 Å². The largest absolute Gasteiger partial charge is 0.507 e. The van der Waals surface area contributed by atoms with Crippen LogP contribution in [0.25, 0.3) is 0 Å². The standard InChI is InChI=1S/C38H31F3O8/c1-46-37(38(39,40)41,26-16-9-4-10-17-26)36(45)49-35(29-18-11-19-32(44)48-29)33(24-14-7-3-8-15-24)25-20-27(42)34-28(43)22-30(47-31(34)21-25)23-12-5-2-6-13-23/h2-17,19-21,29-30,33,35,42H,18,22H2,1H3/t29-,30-,33-,35+,37-/m1/s1. The van der Waals surface area contributed by atoms with Gasteiger partial charge in [-0.2, -0.15) is 13.2 Å². The number of aromatic hydroxyl groups is 1. The minimum absolute atomic E-state index is 0.00759. The highest BCUT2D eigenvalue weighted by Gasteiger charge is 2.65. The van der Waals surface area contributed by atoms with Crippen LogP contribution < -0.4 is 4.74 Å². The Kier molecular flexibility index (Phi) is 9.29. The second kappa shape index (κ2) is 13.6. The molecule has 0 bridgehead atoms. The molecule has 0 unspecified atom stereocenters. The Morgan fingerprint density at radius 2 is 1.51 bits per heavy atom. The van der Waals surface area contributed by atoms with Gasteiger partial charge in [-0.25, -0.2) is 9.59 Å². The summed E-state index contributed by atoms with van der Waals surface area (Å²) in [5.41, 5.74) is -2.72. The van der Waals surface area contributed by atoms with Crippen LogP contribution in [0, 0.1) is 0 Å².